The van der Waals surface area contributed by atoms with Crippen LogP contribution in [0, 0.1) is 5.82 Å². The number of pyridine rings is 1. The summed E-state index contributed by atoms with van der Waals surface area (Å²) in [5, 5.41) is 0. The van der Waals surface area contributed by atoms with E-state index in [0.717, 1.165) is 5.69 Å². The van der Waals surface area contributed by atoms with Gasteiger partial charge in [0.1, 0.15) is 5.82 Å². The first-order valence-electron chi connectivity index (χ1n) is 5.53. The molecule has 0 radical (unpaired) electrons. The molecule has 3 heteroatoms. The maximum Gasteiger partial charge on any atom is 0.195 e. The lowest BCUT2D eigenvalue weighted by molar-refractivity contribution is 0.103. The molecule has 0 saturated heterocycles. The molecule has 3 rings (SSSR count). The highest BCUT2D eigenvalue weighted by Crippen LogP contribution is 2.24. The Morgan fingerprint density at radius 1 is 1.06 bits per heavy atom. The van der Waals surface area contributed by atoms with Crippen molar-refractivity contribution in [3.8, 4) is 0 Å². The molecule has 1 aliphatic rings. The number of aryl methyl sites for hydroxylation is 1. The Morgan fingerprint density at radius 3 is 2.76 bits per heavy atom. The molecular formula is C14H10FNO. The van der Waals surface area contributed by atoms with Gasteiger partial charge in [-0.2, -0.15) is 0 Å². The molecule has 0 amide bonds. The van der Waals surface area contributed by atoms with Crippen LogP contribution >= 0.6 is 0 Å². The average molecular weight is 227 g/mol. The van der Waals surface area contributed by atoms with Crippen molar-refractivity contribution in [3.05, 3.63) is 64.7 Å². The first-order chi connectivity index (χ1) is 8.27. The van der Waals surface area contributed by atoms with Gasteiger partial charge in [-0.3, -0.25) is 9.78 Å². The van der Waals surface area contributed by atoms with Crippen LogP contribution in [0.15, 0.2) is 36.5 Å². The normalized spacial score (nSPS) is 13.8. The van der Waals surface area contributed by atoms with Crippen molar-refractivity contribution < 1.29 is 9.18 Å². The molecule has 1 heterocycles. The summed E-state index contributed by atoms with van der Waals surface area (Å²) in [7, 11) is 0. The average Bonchev–Trinajstić information content (AvgIpc) is 2.50. The van der Waals surface area contributed by atoms with E-state index in [9.17, 15) is 9.18 Å². The molecular weight excluding hydrogens is 217 g/mol. The zero-order valence-corrected chi connectivity index (χ0v) is 9.11. The summed E-state index contributed by atoms with van der Waals surface area (Å²) in [5.41, 5.74) is 2.33. The first kappa shape index (κ1) is 10.1. The number of hydrogen-bond acceptors (Lipinski definition) is 2. The Bertz CT molecular complexity index is 607. The van der Waals surface area contributed by atoms with Gasteiger partial charge in [0.25, 0.3) is 0 Å². The van der Waals surface area contributed by atoms with Gasteiger partial charge in [0.05, 0.1) is 5.69 Å². The molecule has 2 aromatic rings. The largest absolute Gasteiger partial charge is 0.289 e. The second kappa shape index (κ2) is 3.77. The van der Waals surface area contributed by atoms with E-state index in [0.29, 0.717) is 29.5 Å². The van der Waals surface area contributed by atoms with Crippen LogP contribution in [0.3, 0.4) is 0 Å². The number of halogens is 1. The lowest BCUT2D eigenvalue weighted by Crippen LogP contribution is -2.05. The second-order valence-electron chi connectivity index (χ2n) is 4.09. The van der Waals surface area contributed by atoms with E-state index in [1.165, 1.54) is 6.07 Å². The Morgan fingerprint density at radius 2 is 1.88 bits per heavy atom. The van der Waals surface area contributed by atoms with Crippen molar-refractivity contribution in [3.63, 3.8) is 0 Å². The fourth-order valence-electron chi connectivity index (χ4n) is 2.26. The molecule has 0 bridgehead atoms. The van der Waals surface area contributed by atoms with Gasteiger partial charge < -0.3 is 0 Å². The van der Waals surface area contributed by atoms with Crippen molar-refractivity contribution in [1.82, 2.24) is 4.98 Å². The monoisotopic (exact) mass is 227 g/mol. The van der Waals surface area contributed by atoms with Gasteiger partial charge in [0.15, 0.2) is 5.78 Å². The van der Waals surface area contributed by atoms with Crippen molar-refractivity contribution >= 4 is 5.78 Å². The first-order valence-corrected chi connectivity index (χ1v) is 5.53. The standard InChI is InChI=1S/C14H10FNO/c15-12-5-1-3-10-9(12)6-7-13-11(14(10)17)4-2-8-16-13/h1-5,8H,6-7H2. The highest BCUT2D eigenvalue weighted by atomic mass is 19.1. The van der Waals surface area contributed by atoms with Gasteiger partial charge >= 0.3 is 0 Å². The van der Waals surface area contributed by atoms with Gasteiger partial charge in [-0.15, -0.1) is 0 Å². The Hall–Kier alpha value is -2.03. The minimum Gasteiger partial charge on any atom is -0.289 e. The third-order valence-electron chi connectivity index (χ3n) is 3.11. The molecule has 0 atom stereocenters. The summed E-state index contributed by atoms with van der Waals surface area (Å²) in [6, 6.07) is 8.15. The number of hydrogen-bond donors (Lipinski definition) is 0. The van der Waals surface area contributed by atoms with Gasteiger partial charge in [-0.1, -0.05) is 12.1 Å². The minimum absolute atomic E-state index is 0.125. The molecule has 1 aromatic heterocycles. The van der Waals surface area contributed by atoms with Crippen LogP contribution in [0.5, 0.6) is 0 Å². The smallest absolute Gasteiger partial charge is 0.195 e. The number of ketones is 1. The third kappa shape index (κ3) is 1.55. The summed E-state index contributed by atoms with van der Waals surface area (Å²) in [6.07, 6.45) is 2.80. The Labute approximate surface area is 98.1 Å². The Balaban J connectivity index is 2.24. The predicted molar refractivity (Wildman–Crippen MR) is 61.5 cm³/mol. The summed E-state index contributed by atoms with van der Waals surface area (Å²) < 4.78 is 13.7. The number of carbonyl (C=O) groups excluding carboxylic acids is 1. The molecule has 0 unspecified atom stereocenters. The van der Waals surface area contributed by atoms with E-state index in [2.05, 4.69) is 4.98 Å². The van der Waals surface area contributed by atoms with E-state index in [1.54, 1.807) is 30.5 Å². The van der Waals surface area contributed by atoms with Crippen molar-refractivity contribution in [2.45, 2.75) is 12.8 Å². The molecule has 0 saturated carbocycles. The van der Waals surface area contributed by atoms with Crippen LogP contribution in [-0.2, 0) is 12.8 Å². The summed E-state index contributed by atoms with van der Waals surface area (Å²) in [6.45, 7) is 0. The Kier molecular flexibility index (Phi) is 2.25. The van der Waals surface area contributed by atoms with E-state index in [1.807, 2.05) is 0 Å². The van der Waals surface area contributed by atoms with Crippen molar-refractivity contribution in [1.29, 1.82) is 0 Å². The predicted octanol–water partition coefficient (Wildman–Crippen LogP) is 2.55. The molecule has 1 aromatic carbocycles. The maximum absolute atomic E-state index is 13.7. The highest BCUT2D eigenvalue weighted by Gasteiger charge is 2.23. The molecule has 0 N–H and O–H groups in total. The van der Waals surface area contributed by atoms with E-state index in [-0.39, 0.29) is 11.6 Å². The van der Waals surface area contributed by atoms with Gasteiger partial charge in [0, 0.05) is 17.3 Å². The minimum atomic E-state index is -0.302. The number of rotatable bonds is 0. The van der Waals surface area contributed by atoms with Crippen molar-refractivity contribution in [2.24, 2.45) is 0 Å². The SMILES string of the molecule is O=C1c2cccnc2CCc2c(F)cccc21. The van der Waals surface area contributed by atoms with Gasteiger partial charge in [-0.25, -0.2) is 4.39 Å². The molecule has 0 spiro atoms. The van der Waals surface area contributed by atoms with Gasteiger partial charge in [0.2, 0.25) is 0 Å². The third-order valence-corrected chi connectivity index (χ3v) is 3.11. The van der Waals surface area contributed by atoms with Crippen molar-refractivity contribution in [2.75, 3.05) is 0 Å². The quantitative estimate of drug-likeness (QED) is 0.692. The molecule has 0 fully saturated rings. The van der Waals surface area contributed by atoms with Crippen LogP contribution in [-0.4, -0.2) is 10.8 Å². The van der Waals surface area contributed by atoms with Gasteiger partial charge in [-0.05, 0) is 36.6 Å². The second-order valence-corrected chi connectivity index (χ2v) is 4.09. The zero-order valence-electron chi connectivity index (χ0n) is 9.11. The van der Waals surface area contributed by atoms with E-state index >= 15 is 0 Å². The highest BCUT2D eigenvalue weighted by molar-refractivity contribution is 6.11. The molecule has 2 nitrogen and oxygen atoms in total. The number of fused-ring (bicyclic) bond motifs is 2. The fourth-order valence-corrected chi connectivity index (χ4v) is 2.26. The summed E-state index contributed by atoms with van der Waals surface area (Å²) in [4.78, 5) is 16.5. The zero-order chi connectivity index (χ0) is 11.8. The van der Waals surface area contributed by atoms with E-state index in [4.69, 9.17) is 0 Å². The number of benzene rings is 1. The lowest BCUT2D eigenvalue weighted by atomic mass is 10.00. The fraction of sp³-hybridized carbons (Fsp3) is 0.143. The molecule has 17 heavy (non-hydrogen) atoms. The van der Waals surface area contributed by atoms with Crippen LogP contribution < -0.4 is 0 Å². The molecule has 0 aliphatic heterocycles. The van der Waals surface area contributed by atoms with E-state index < -0.39 is 0 Å². The van der Waals surface area contributed by atoms with Crippen LogP contribution in [0.1, 0.15) is 27.2 Å². The number of nitrogens with zero attached hydrogens (tertiary/aromatic N) is 1. The summed E-state index contributed by atoms with van der Waals surface area (Å²) >= 11 is 0. The lowest BCUT2D eigenvalue weighted by Gasteiger charge is -2.04. The van der Waals surface area contributed by atoms with Crippen LogP contribution in [0.25, 0.3) is 0 Å². The molecule has 84 valence electrons. The summed E-state index contributed by atoms with van der Waals surface area (Å²) in [5.74, 6) is -0.427. The number of carbonyl (C=O) groups is 1. The molecule has 1 aliphatic carbocycles. The maximum atomic E-state index is 13.7. The van der Waals surface area contributed by atoms with Crippen LogP contribution in [0.4, 0.5) is 4.39 Å². The number of aromatic nitrogens is 1. The topological polar surface area (TPSA) is 30.0 Å². The van der Waals surface area contributed by atoms with Crippen LogP contribution in [0.2, 0.25) is 0 Å².